The molecule has 0 heterocycles. The normalized spacial score (nSPS) is 16.6. The summed E-state index contributed by atoms with van der Waals surface area (Å²) in [4.78, 5) is 14.2. The molecule has 3 heteroatoms. The third-order valence-corrected chi connectivity index (χ3v) is 3.95. The maximum Gasteiger partial charge on any atom is 0.222 e. The van der Waals surface area contributed by atoms with Gasteiger partial charge in [-0.25, -0.2) is 0 Å². The van der Waals surface area contributed by atoms with Crippen molar-refractivity contribution in [3.63, 3.8) is 0 Å². The molecule has 18 heavy (non-hydrogen) atoms. The molecule has 0 spiro atoms. The van der Waals surface area contributed by atoms with Crippen LogP contribution in [0.2, 0.25) is 0 Å². The summed E-state index contributed by atoms with van der Waals surface area (Å²) < 4.78 is 0. The van der Waals surface area contributed by atoms with Gasteiger partial charge in [0.25, 0.3) is 0 Å². The van der Waals surface area contributed by atoms with Crippen LogP contribution >= 0.6 is 0 Å². The Labute approximate surface area is 112 Å². The van der Waals surface area contributed by atoms with Crippen LogP contribution < -0.4 is 5.73 Å². The molecule has 1 saturated carbocycles. The van der Waals surface area contributed by atoms with Crippen molar-refractivity contribution in [3.05, 3.63) is 0 Å². The summed E-state index contributed by atoms with van der Waals surface area (Å²) in [5, 5.41) is 0. The molecule has 2 N–H and O–H groups in total. The van der Waals surface area contributed by atoms with Crippen molar-refractivity contribution in [1.82, 2.24) is 4.90 Å². The zero-order valence-corrected chi connectivity index (χ0v) is 12.2. The Morgan fingerprint density at radius 1 is 1.28 bits per heavy atom. The molecule has 0 aromatic rings. The van der Waals surface area contributed by atoms with E-state index in [4.69, 9.17) is 5.73 Å². The first kappa shape index (κ1) is 15.5. The summed E-state index contributed by atoms with van der Waals surface area (Å²) >= 11 is 0. The van der Waals surface area contributed by atoms with Crippen LogP contribution in [0.5, 0.6) is 0 Å². The zero-order valence-electron chi connectivity index (χ0n) is 12.2. The van der Waals surface area contributed by atoms with Crippen LogP contribution in [0.1, 0.15) is 58.8 Å². The summed E-state index contributed by atoms with van der Waals surface area (Å²) in [6, 6.07) is 0. The highest BCUT2D eigenvalue weighted by atomic mass is 16.2. The lowest BCUT2D eigenvalue weighted by Crippen LogP contribution is -2.32. The molecule has 0 saturated heterocycles. The van der Waals surface area contributed by atoms with Gasteiger partial charge in [0.2, 0.25) is 5.91 Å². The number of carbonyl (C=O) groups excluding carboxylic acids is 1. The van der Waals surface area contributed by atoms with Crippen molar-refractivity contribution in [2.45, 2.75) is 58.8 Å². The molecule has 1 fully saturated rings. The Bertz CT molecular complexity index is 233. The van der Waals surface area contributed by atoms with Crippen LogP contribution in [0.4, 0.5) is 0 Å². The molecule has 0 aliphatic heterocycles. The van der Waals surface area contributed by atoms with Gasteiger partial charge in [-0.2, -0.15) is 0 Å². The number of hydrogen-bond acceptors (Lipinski definition) is 2. The van der Waals surface area contributed by atoms with E-state index in [1.54, 1.807) is 0 Å². The molecule has 0 bridgehead atoms. The smallest absolute Gasteiger partial charge is 0.222 e. The molecular weight excluding hydrogens is 224 g/mol. The van der Waals surface area contributed by atoms with E-state index in [1.165, 1.54) is 25.7 Å². The van der Waals surface area contributed by atoms with Crippen molar-refractivity contribution in [2.24, 2.45) is 17.6 Å². The van der Waals surface area contributed by atoms with Crippen molar-refractivity contribution in [2.75, 3.05) is 19.6 Å². The fourth-order valence-electron chi connectivity index (χ4n) is 2.58. The van der Waals surface area contributed by atoms with Gasteiger partial charge in [-0.15, -0.1) is 0 Å². The second-order valence-electron chi connectivity index (χ2n) is 5.65. The quantitative estimate of drug-likeness (QED) is 0.651. The Kier molecular flexibility index (Phi) is 7.33. The van der Waals surface area contributed by atoms with Gasteiger partial charge in [-0.05, 0) is 51.0 Å². The summed E-state index contributed by atoms with van der Waals surface area (Å²) in [6.07, 6.45) is 7.83. The Hall–Kier alpha value is -0.570. The Morgan fingerprint density at radius 2 is 2.00 bits per heavy atom. The predicted octanol–water partition coefficient (Wildman–Crippen LogP) is 2.79. The summed E-state index contributed by atoms with van der Waals surface area (Å²) in [5.41, 5.74) is 5.63. The van der Waals surface area contributed by atoms with E-state index in [-0.39, 0.29) is 0 Å². The molecule has 1 unspecified atom stereocenters. The highest BCUT2D eigenvalue weighted by Gasteiger charge is 2.25. The standard InChI is InChI=1S/C15H30N2O/c1-3-5-13(10-11-16)8-9-15(18)17(4-2)12-14-6-7-14/h13-14H,3-12,16H2,1-2H3. The second kappa shape index (κ2) is 8.52. The number of hydrogen-bond donors (Lipinski definition) is 1. The first-order chi connectivity index (χ1) is 8.71. The highest BCUT2D eigenvalue weighted by molar-refractivity contribution is 5.76. The zero-order chi connectivity index (χ0) is 13.4. The second-order valence-corrected chi connectivity index (χ2v) is 5.65. The van der Waals surface area contributed by atoms with Crippen molar-refractivity contribution < 1.29 is 4.79 Å². The van der Waals surface area contributed by atoms with E-state index in [2.05, 4.69) is 13.8 Å². The average Bonchev–Trinajstić information content (AvgIpc) is 3.17. The predicted molar refractivity (Wildman–Crippen MR) is 76.3 cm³/mol. The van der Waals surface area contributed by atoms with Crippen LogP contribution in [0.3, 0.4) is 0 Å². The third kappa shape index (κ3) is 5.85. The first-order valence-electron chi connectivity index (χ1n) is 7.69. The molecule has 0 aromatic carbocycles. The van der Waals surface area contributed by atoms with Crippen LogP contribution in [-0.4, -0.2) is 30.4 Å². The van der Waals surface area contributed by atoms with Crippen molar-refractivity contribution in [1.29, 1.82) is 0 Å². The highest BCUT2D eigenvalue weighted by Crippen LogP contribution is 2.30. The number of amides is 1. The van der Waals surface area contributed by atoms with Gasteiger partial charge in [0.05, 0.1) is 0 Å². The number of rotatable bonds is 10. The van der Waals surface area contributed by atoms with Gasteiger partial charge >= 0.3 is 0 Å². The minimum Gasteiger partial charge on any atom is -0.343 e. The van der Waals surface area contributed by atoms with Crippen molar-refractivity contribution >= 4 is 5.91 Å². The molecule has 1 amide bonds. The molecule has 0 aromatic heterocycles. The Morgan fingerprint density at radius 3 is 2.50 bits per heavy atom. The maximum atomic E-state index is 12.1. The average molecular weight is 254 g/mol. The third-order valence-electron chi connectivity index (χ3n) is 3.95. The lowest BCUT2D eigenvalue weighted by molar-refractivity contribution is -0.131. The Balaban J connectivity index is 2.27. The first-order valence-corrected chi connectivity index (χ1v) is 7.69. The lowest BCUT2D eigenvalue weighted by atomic mass is 9.94. The van der Waals surface area contributed by atoms with Gasteiger partial charge in [0, 0.05) is 19.5 Å². The monoisotopic (exact) mass is 254 g/mol. The fourth-order valence-corrected chi connectivity index (χ4v) is 2.58. The fraction of sp³-hybridized carbons (Fsp3) is 0.933. The van der Waals surface area contributed by atoms with Gasteiger partial charge in [0.1, 0.15) is 0 Å². The maximum absolute atomic E-state index is 12.1. The SMILES string of the molecule is CCCC(CCN)CCC(=O)N(CC)CC1CC1. The molecule has 1 rings (SSSR count). The molecule has 0 radical (unpaired) electrons. The van der Waals surface area contributed by atoms with Crippen LogP contribution in [0.25, 0.3) is 0 Å². The van der Waals surface area contributed by atoms with Crippen LogP contribution in [0.15, 0.2) is 0 Å². The molecule has 1 aliphatic carbocycles. The minimum absolute atomic E-state index is 0.350. The van der Waals surface area contributed by atoms with E-state index in [9.17, 15) is 4.79 Å². The minimum atomic E-state index is 0.350. The van der Waals surface area contributed by atoms with Crippen LogP contribution in [0, 0.1) is 11.8 Å². The molecule has 106 valence electrons. The van der Waals surface area contributed by atoms with Crippen molar-refractivity contribution in [3.8, 4) is 0 Å². The molecule has 1 atom stereocenters. The van der Waals surface area contributed by atoms with E-state index < -0.39 is 0 Å². The number of nitrogens with zero attached hydrogens (tertiary/aromatic N) is 1. The largest absolute Gasteiger partial charge is 0.343 e. The van der Waals surface area contributed by atoms with Gasteiger partial charge < -0.3 is 10.6 Å². The summed E-state index contributed by atoms with van der Waals surface area (Å²) in [6.45, 7) is 6.90. The van der Waals surface area contributed by atoms with E-state index in [1.807, 2.05) is 4.90 Å². The number of nitrogens with two attached hydrogens (primary N) is 1. The van der Waals surface area contributed by atoms with E-state index in [0.29, 0.717) is 18.2 Å². The summed E-state index contributed by atoms with van der Waals surface area (Å²) in [7, 11) is 0. The number of carbonyl (C=O) groups is 1. The topological polar surface area (TPSA) is 46.3 Å². The molecular formula is C15H30N2O. The lowest BCUT2D eigenvalue weighted by Gasteiger charge is -2.22. The molecule has 3 nitrogen and oxygen atoms in total. The molecule has 1 aliphatic rings. The van der Waals surface area contributed by atoms with Gasteiger partial charge in [0.15, 0.2) is 0 Å². The van der Waals surface area contributed by atoms with E-state index >= 15 is 0 Å². The van der Waals surface area contributed by atoms with Crippen LogP contribution in [-0.2, 0) is 4.79 Å². The summed E-state index contributed by atoms with van der Waals surface area (Å²) in [5.74, 6) is 1.79. The van der Waals surface area contributed by atoms with E-state index in [0.717, 1.165) is 38.4 Å². The van der Waals surface area contributed by atoms with Gasteiger partial charge in [-0.3, -0.25) is 4.79 Å². The van der Waals surface area contributed by atoms with Gasteiger partial charge in [-0.1, -0.05) is 19.8 Å².